The van der Waals surface area contributed by atoms with Gasteiger partial charge in [-0.1, -0.05) is 46.0 Å². The summed E-state index contributed by atoms with van der Waals surface area (Å²) in [6.07, 6.45) is 5.78. The number of hydrogen-bond donors (Lipinski definition) is 4. The summed E-state index contributed by atoms with van der Waals surface area (Å²) in [5, 5.41) is 23.2. The van der Waals surface area contributed by atoms with Crippen molar-refractivity contribution < 1.29 is 29.4 Å². The Bertz CT molecular complexity index is 528. The van der Waals surface area contributed by atoms with Gasteiger partial charge in [-0.2, -0.15) is 0 Å². The molecule has 2 atom stereocenters. The van der Waals surface area contributed by atoms with E-state index in [4.69, 9.17) is 5.11 Å². The van der Waals surface area contributed by atoms with Crippen LogP contribution in [-0.4, -0.2) is 46.6 Å². The fourth-order valence-electron chi connectivity index (χ4n) is 3.60. The minimum atomic E-state index is -1.08. The largest absolute Gasteiger partial charge is 0.481 e. The van der Waals surface area contributed by atoms with Crippen molar-refractivity contribution in [3.05, 3.63) is 0 Å². The number of aliphatic carboxylic acids is 2. The van der Waals surface area contributed by atoms with Crippen LogP contribution in [0.15, 0.2) is 0 Å². The Morgan fingerprint density at radius 1 is 1.04 bits per heavy atom. The van der Waals surface area contributed by atoms with E-state index >= 15 is 0 Å². The van der Waals surface area contributed by atoms with E-state index in [-0.39, 0.29) is 18.9 Å². The Balaban J connectivity index is 2.50. The maximum absolute atomic E-state index is 12.2. The van der Waals surface area contributed by atoms with Crippen molar-refractivity contribution in [3.63, 3.8) is 0 Å². The molecule has 27 heavy (non-hydrogen) atoms. The van der Waals surface area contributed by atoms with Gasteiger partial charge in [0.1, 0.15) is 6.04 Å². The zero-order chi connectivity index (χ0) is 20.4. The lowest BCUT2D eigenvalue weighted by Gasteiger charge is -2.25. The Hall–Kier alpha value is -2.12. The number of rotatable bonds is 11. The van der Waals surface area contributed by atoms with Crippen molar-refractivity contribution in [3.8, 4) is 0 Å². The van der Waals surface area contributed by atoms with Crippen LogP contribution in [0.2, 0.25) is 0 Å². The van der Waals surface area contributed by atoms with Gasteiger partial charge in [-0.05, 0) is 24.7 Å². The number of amides is 2. The van der Waals surface area contributed by atoms with E-state index in [9.17, 15) is 24.3 Å². The topological polar surface area (TPSA) is 133 Å². The molecule has 0 heterocycles. The molecule has 0 aromatic rings. The van der Waals surface area contributed by atoms with Gasteiger partial charge in [0.2, 0.25) is 11.8 Å². The number of carbonyl (C=O) groups excluding carboxylic acids is 2. The van der Waals surface area contributed by atoms with Gasteiger partial charge in [-0.15, -0.1) is 0 Å². The van der Waals surface area contributed by atoms with Crippen LogP contribution in [0.4, 0.5) is 0 Å². The molecule has 8 heteroatoms. The first-order valence-corrected chi connectivity index (χ1v) is 9.70. The summed E-state index contributed by atoms with van der Waals surface area (Å²) >= 11 is 0. The molecule has 4 N–H and O–H groups in total. The standard InChI is InChI=1S/C19H32N2O6/c1-12(2)8-14(10-17(23)24)18(25)20-11-16(22)21-15(19(26)27)9-13-6-4-3-5-7-13/h12-15H,3-11H2,1-2H3,(H,20,25)(H,21,22)(H,23,24)(H,26,27)/t14?,15-/m0/s1. The molecule has 0 aromatic heterocycles. The van der Waals surface area contributed by atoms with Crippen LogP contribution in [0.5, 0.6) is 0 Å². The molecule has 2 amide bonds. The minimum Gasteiger partial charge on any atom is -0.481 e. The second-order valence-electron chi connectivity index (χ2n) is 7.84. The molecule has 0 bridgehead atoms. The molecule has 1 rings (SSSR count). The summed E-state index contributed by atoms with van der Waals surface area (Å²) in [7, 11) is 0. The van der Waals surface area contributed by atoms with Crippen LogP contribution in [0.25, 0.3) is 0 Å². The summed E-state index contributed by atoms with van der Waals surface area (Å²) in [4.78, 5) is 46.6. The van der Waals surface area contributed by atoms with Crippen LogP contribution in [0, 0.1) is 17.8 Å². The Morgan fingerprint density at radius 2 is 1.67 bits per heavy atom. The number of carbonyl (C=O) groups is 4. The highest BCUT2D eigenvalue weighted by molar-refractivity contribution is 5.89. The van der Waals surface area contributed by atoms with Crippen molar-refractivity contribution >= 4 is 23.8 Å². The highest BCUT2D eigenvalue weighted by Gasteiger charge is 2.27. The predicted octanol–water partition coefficient (Wildman–Crippen LogP) is 1.78. The molecule has 1 fully saturated rings. The van der Waals surface area contributed by atoms with Gasteiger partial charge >= 0.3 is 11.9 Å². The lowest BCUT2D eigenvalue weighted by atomic mass is 9.85. The SMILES string of the molecule is CC(C)CC(CC(=O)O)C(=O)NCC(=O)N[C@@H](CC1CCCCC1)C(=O)O. The molecule has 1 unspecified atom stereocenters. The number of hydrogen-bond acceptors (Lipinski definition) is 4. The highest BCUT2D eigenvalue weighted by Crippen LogP contribution is 2.27. The van der Waals surface area contributed by atoms with E-state index < -0.39 is 35.7 Å². The first kappa shape index (κ1) is 22.9. The molecule has 1 saturated carbocycles. The van der Waals surface area contributed by atoms with Gasteiger partial charge in [-0.25, -0.2) is 4.79 Å². The summed E-state index contributed by atoms with van der Waals surface area (Å²) in [6.45, 7) is 3.41. The smallest absolute Gasteiger partial charge is 0.326 e. The average Bonchev–Trinajstić information content (AvgIpc) is 2.58. The van der Waals surface area contributed by atoms with Gasteiger partial charge in [0.25, 0.3) is 0 Å². The number of nitrogens with one attached hydrogen (secondary N) is 2. The summed E-state index contributed by atoms with van der Waals surface area (Å²) in [5.41, 5.74) is 0. The van der Waals surface area contributed by atoms with Gasteiger partial charge in [0, 0.05) is 5.92 Å². The molecule has 0 radical (unpaired) electrons. The normalized spacial score (nSPS) is 17.1. The third-order valence-corrected chi connectivity index (χ3v) is 4.90. The van der Waals surface area contributed by atoms with Crippen LogP contribution in [0.1, 0.15) is 65.2 Å². The minimum absolute atomic E-state index is 0.140. The van der Waals surface area contributed by atoms with Crippen molar-refractivity contribution in [2.45, 2.75) is 71.3 Å². The van der Waals surface area contributed by atoms with Crippen LogP contribution >= 0.6 is 0 Å². The molecule has 1 aliphatic rings. The molecule has 1 aliphatic carbocycles. The van der Waals surface area contributed by atoms with Gasteiger partial charge in [0.15, 0.2) is 0 Å². The van der Waals surface area contributed by atoms with E-state index in [0.717, 1.165) is 25.7 Å². The zero-order valence-corrected chi connectivity index (χ0v) is 16.2. The molecular formula is C19H32N2O6. The quantitative estimate of drug-likeness (QED) is 0.429. The Morgan fingerprint density at radius 3 is 2.19 bits per heavy atom. The van der Waals surface area contributed by atoms with Crippen molar-refractivity contribution in [1.82, 2.24) is 10.6 Å². The first-order chi connectivity index (χ1) is 12.7. The molecular weight excluding hydrogens is 352 g/mol. The number of carboxylic acids is 2. The van der Waals surface area contributed by atoms with Gasteiger partial charge in [0.05, 0.1) is 13.0 Å². The van der Waals surface area contributed by atoms with Crippen LogP contribution in [0.3, 0.4) is 0 Å². The molecule has 0 aliphatic heterocycles. The fraction of sp³-hybridized carbons (Fsp3) is 0.789. The molecule has 154 valence electrons. The van der Waals surface area contributed by atoms with Crippen molar-refractivity contribution in [2.75, 3.05) is 6.54 Å². The lowest BCUT2D eigenvalue weighted by molar-refractivity contribution is -0.143. The number of carboxylic acid groups (broad SMARTS) is 2. The van der Waals surface area contributed by atoms with Gasteiger partial charge < -0.3 is 20.8 Å². The van der Waals surface area contributed by atoms with E-state index in [0.29, 0.717) is 18.8 Å². The average molecular weight is 384 g/mol. The summed E-state index contributed by atoms with van der Waals surface area (Å²) in [6, 6.07) is -0.969. The van der Waals surface area contributed by atoms with Crippen molar-refractivity contribution in [1.29, 1.82) is 0 Å². The van der Waals surface area contributed by atoms with E-state index in [2.05, 4.69) is 10.6 Å². The van der Waals surface area contributed by atoms with Crippen molar-refractivity contribution in [2.24, 2.45) is 17.8 Å². The maximum Gasteiger partial charge on any atom is 0.326 e. The predicted molar refractivity (Wildman–Crippen MR) is 99.0 cm³/mol. The van der Waals surface area contributed by atoms with E-state index in [1.165, 1.54) is 6.42 Å². The molecule has 0 spiro atoms. The lowest BCUT2D eigenvalue weighted by Crippen LogP contribution is -2.47. The van der Waals surface area contributed by atoms with Gasteiger partial charge in [-0.3, -0.25) is 14.4 Å². The zero-order valence-electron chi connectivity index (χ0n) is 16.2. The Kier molecular flexibility index (Phi) is 9.82. The van der Waals surface area contributed by atoms with E-state index in [1.807, 2.05) is 13.8 Å². The monoisotopic (exact) mass is 384 g/mol. The molecule has 8 nitrogen and oxygen atoms in total. The third-order valence-electron chi connectivity index (χ3n) is 4.90. The maximum atomic E-state index is 12.2. The summed E-state index contributed by atoms with van der Waals surface area (Å²) in [5.74, 6) is -3.51. The molecule has 0 saturated heterocycles. The van der Waals surface area contributed by atoms with E-state index in [1.54, 1.807) is 0 Å². The van der Waals surface area contributed by atoms with Crippen LogP contribution in [-0.2, 0) is 19.2 Å². The second kappa shape index (κ2) is 11.6. The second-order valence-corrected chi connectivity index (χ2v) is 7.84. The fourth-order valence-corrected chi connectivity index (χ4v) is 3.60. The highest BCUT2D eigenvalue weighted by atomic mass is 16.4. The third kappa shape index (κ3) is 9.40. The molecule has 0 aromatic carbocycles. The van der Waals surface area contributed by atoms with Crippen LogP contribution < -0.4 is 10.6 Å². The Labute approximate surface area is 160 Å². The first-order valence-electron chi connectivity index (χ1n) is 9.70. The summed E-state index contributed by atoms with van der Waals surface area (Å²) < 4.78 is 0.